The molecule has 106 valence electrons. The Balaban J connectivity index is 1.59. The van der Waals surface area contributed by atoms with Crippen molar-refractivity contribution < 1.29 is 8.81 Å². The van der Waals surface area contributed by atoms with Crippen LogP contribution in [0.3, 0.4) is 0 Å². The zero-order chi connectivity index (χ0) is 14.2. The molecule has 3 aromatic rings. The van der Waals surface area contributed by atoms with Crippen LogP contribution < -0.4 is 4.90 Å². The van der Waals surface area contributed by atoms with Gasteiger partial charge in [0.05, 0.1) is 0 Å². The van der Waals surface area contributed by atoms with Crippen molar-refractivity contribution in [3.05, 3.63) is 54.1 Å². The SMILES string of the molecule is Fc1ccc2nc(N3CCC(c4ccccn4)C3)oc2c1. The van der Waals surface area contributed by atoms with E-state index in [0.29, 0.717) is 23.0 Å². The van der Waals surface area contributed by atoms with Crippen LogP contribution in [0.25, 0.3) is 11.1 Å². The fourth-order valence-corrected chi connectivity index (χ4v) is 2.81. The summed E-state index contributed by atoms with van der Waals surface area (Å²) in [5.41, 5.74) is 2.28. The van der Waals surface area contributed by atoms with Gasteiger partial charge in [0.15, 0.2) is 5.58 Å². The molecule has 1 aliphatic rings. The smallest absolute Gasteiger partial charge is 0.298 e. The van der Waals surface area contributed by atoms with Crippen molar-refractivity contribution in [2.24, 2.45) is 0 Å². The van der Waals surface area contributed by atoms with Crippen molar-refractivity contribution in [1.82, 2.24) is 9.97 Å². The highest BCUT2D eigenvalue weighted by molar-refractivity contribution is 5.74. The molecule has 0 bridgehead atoms. The summed E-state index contributed by atoms with van der Waals surface area (Å²) in [7, 11) is 0. The van der Waals surface area contributed by atoms with E-state index >= 15 is 0 Å². The second kappa shape index (κ2) is 4.84. The Morgan fingerprint density at radius 2 is 2.19 bits per heavy atom. The molecule has 2 aromatic heterocycles. The summed E-state index contributed by atoms with van der Waals surface area (Å²) < 4.78 is 18.9. The highest BCUT2D eigenvalue weighted by atomic mass is 19.1. The minimum atomic E-state index is -0.307. The van der Waals surface area contributed by atoms with Gasteiger partial charge in [0.25, 0.3) is 6.01 Å². The van der Waals surface area contributed by atoms with Crippen LogP contribution >= 0.6 is 0 Å². The number of aromatic nitrogens is 2. The summed E-state index contributed by atoms with van der Waals surface area (Å²) in [6.45, 7) is 1.70. The molecule has 0 saturated carbocycles. The van der Waals surface area contributed by atoms with Gasteiger partial charge in [-0.05, 0) is 30.7 Å². The van der Waals surface area contributed by atoms with E-state index in [1.165, 1.54) is 12.1 Å². The molecule has 0 amide bonds. The maximum atomic E-state index is 13.2. The van der Waals surface area contributed by atoms with Gasteiger partial charge < -0.3 is 9.32 Å². The van der Waals surface area contributed by atoms with Crippen LogP contribution in [0.15, 0.2) is 47.0 Å². The quantitative estimate of drug-likeness (QED) is 0.723. The average Bonchev–Trinajstić information content (AvgIpc) is 3.14. The van der Waals surface area contributed by atoms with Gasteiger partial charge in [0.2, 0.25) is 0 Å². The van der Waals surface area contributed by atoms with Crippen molar-refractivity contribution in [1.29, 1.82) is 0 Å². The van der Waals surface area contributed by atoms with Gasteiger partial charge >= 0.3 is 0 Å². The van der Waals surface area contributed by atoms with E-state index in [0.717, 1.165) is 25.2 Å². The molecule has 4 rings (SSSR count). The van der Waals surface area contributed by atoms with E-state index in [9.17, 15) is 4.39 Å². The molecular formula is C16H14FN3O. The fourth-order valence-electron chi connectivity index (χ4n) is 2.81. The maximum Gasteiger partial charge on any atom is 0.298 e. The summed E-state index contributed by atoms with van der Waals surface area (Å²) >= 11 is 0. The Hall–Kier alpha value is -2.43. The second-order valence-corrected chi connectivity index (χ2v) is 5.29. The summed E-state index contributed by atoms with van der Waals surface area (Å²) in [6, 6.07) is 11.0. The predicted molar refractivity (Wildman–Crippen MR) is 77.8 cm³/mol. The molecule has 21 heavy (non-hydrogen) atoms. The second-order valence-electron chi connectivity index (χ2n) is 5.29. The Morgan fingerprint density at radius 3 is 3.05 bits per heavy atom. The van der Waals surface area contributed by atoms with Crippen LogP contribution in [0.1, 0.15) is 18.0 Å². The standard InChI is InChI=1S/C16H14FN3O/c17-12-4-5-14-15(9-12)21-16(19-14)20-8-6-11(10-20)13-3-1-2-7-18-13/h1-5,7,9,11H,6,8,10H2. The molecule has 1 fully saturated rings. The van der Waals surface area contributed by atoms with Crippen LogP contribution in [0.5, 0.6) is 0 Å². The lowest BCUT2D eigenvalue weighted by Crippen LogP contribution is -2.19. The van der Waals surface area contributed by atoms with E-state index < -0.39 is 0 Å². The van der Waals surface area contributed by atoms with E-state index in [4.69, 9.17) is 4.42 Å². The van der Waals surface area contributed by atoms with E-state index in [-0.39, 0.29) is 5.82 Å². The largest absolute Gasteiger partial charge is 0.423 e. The molecule has 1 atom stereocenters. The zero-order valence-electron chi connectivity index (χ0n) is 11.4. The molecule has 1 aromatic carbocycles. The van der Waals surface area contributed by atoms with Crippen molar-refractivity contribution in [3.8, 4) is 0 Å². The highest BCUT2D eigenvalue weighted by Gasteiger charge is 2.27. The van der Waals surface area contributed by atoms with Crippen molar-refractivity contribution in [3.63, 3.8) is 0 Å². The number of rotatable bonds is 2. The molecular weight excluding hydrogens is 269 g/mol. The number of hydrogen-bond donors (Lipinski definition) is 0. The topological polar surface area (TPSA) is 42.2 Å². The van der Waals surface area contributed by atoms with Crippen molar-refractivity contribution >= 4 is 17.1 Å². The summed E-state index contributed by atoms with van der Waals surface area (Å²) in [6.07, 6.45) is 2.84. The van der Waals surface area contributed by atoms with Crippen LogP contribution in [0, 0.1) is 5.82 Å². The Morgan fingerprint density at radius 1 is 1.24 bits per heavy atom. The first-order valence-corrected chi connectivity index (χ1v) is 7.01. The van der Waals surface area contributed by atoms with Gasteiger partial charge in [0.1, 0.15) is 11.3 Å². The Bertz CT molecular complexity index is 772. The Kier molecular flexibility index (Phi) is 2.84. The molecule has 0 radical (unpaired) electrons. The number of fused-ring (bicyclic) bond motifs is 1. The van der Waals surface area contributed by atoms with Crippen LogP contribution in [-0.4, -0.2) is 23.1 Å². The number of pyridine rings is 1. The average molecular weight is 283 g/mol. The van der Waals surface area contributed by atoms with Gasteiger partial charge in [0, 0.05) is 37.0 Å². The highest BCUT2D eigenvalue weighted by Crippen LogP contribution is 2.31. The molecule has 1 aliphatic heterocycles. The van der Waals surface area contributed by atoms with E-state index in [1.807, 2.05) is 18.3 Å². The third-order valence-corrected chi connectivity index (χ3v) is 3.90. The fraction of sp³-hybridized carbons (Fsp3) is 0.250. The number of hydrogen-bond acceptors (Lipinski definition) is 4. The first-order valence-electron chi connectivity index (χ1n) is 7.01. The predicted octanol–water partition coefficient (Wildman–Crippen LogP) is 3.36. The Labute approximate surface area is 121 Å². The lowest BCUT2D eigenvalue weighted by Gasteiger charge is -2.13. The lowest BCUT2D eigenvalue weighted by molar-refractivity contribution is 0.576. The van der Waals surface area contributed by atoms with E-state index in [1.54, 1.807) is 6.07 Å². The molecule has 0 aliphatic carbocycles. The summed E-state index contributed by atoms with van der Waals surface area (Å²) in [4.78, 5) is 10.9. The number of halogens is 1. The van der Waals surface area contributed by atoms with Gasteiger partial charge in [-0.2, -0.15) is 4.98 Å². The first-order chi connectivity index (χ1) is 10.3. The minimum Gasteiger partial charge on any atom is -0.423 e. The maximum absolute atomic E-state index is 13.2. The van der Waals surface area contributed by atoms with Crippen molar-refractivity contribution in [2.45, 2.75) is 12.3 Å². The molecule has 3 heterocycles. The van der Waals surface area contributed by atoms with Gasteiger partial charge in [-0.25, -0.2) is 4.39 Å². The number of oxazole rings is 1. The lowest BCUT2D eigenvalue weighted by atomic mass is 10.0. The molecule has 4 nitrogen and oxygen atoms in total. The normalized spacial score (nSPS) is 18.5. The van der Waals surface area contributed by atoms with Gasteiger partial charge in [-0.15, -0.1) is 0 Å². The first kappa shape index (κ1) is 12.3. The van der Waals surface area contributed by atoms with Gasteiger partial charge in [-0.3, -0.25) is 4.98 Å². The molecule has 0 N–H and O–H groups in total. The summed E-state index contributed by atoms with van der Waals surface area (Å²) in [5.74, 6) is 0.0796. The molecule has 0 spiro atoms. The number of anilines is 1. The van der Waals surface area contributed by atoms with Crippen LogP contribution in [-0.2, 0) is 0 Å². The van der Waals surface area contributed by atoms with Gasteiger partial charge in [-0.1, -0.05) is 6.07 Å². The van der Waals surface area contributed by atoms with E-state index in [2.05, 4.69) is 20.9 Å². The molecule has 1 saturated heterocycles. The number of nitrogens with zero attached hydrogens (tertiary/aromatic N) is 3. The minimum absolute atomic E-state index is 0.307. The third-order valence-electron chi connectivity index (χ3n) is 3.90. The van der Waals surface area contributed by atoms with Crippen molar-refractivity contribution in [2.75, 3.05) is 18.0 Å². The van der Waals surface area contributed by atoms with Crippen LogP contribution in [0.2, 0.25) is 0 Å². The molecule has 1 unspecified atom stereocenters. The zero-order valence-corrected chi connectivity index (χ0v) is 11.4. The third kappa shape index (κ3) is 2.24. The number of benzene rings is 1. The monoisotopic (exact) mass is 283 g/mol. The summed E-state index contributed by atoms with van der Waals surface area (Å²) in [5, 5.41) is 0. The van der Waals surface area contributed by atoms with Crippen LogP contribution in [0.4, 0.5) is 10.4 Å². The molecule has 5 heteroatoms.